The molecule has 0 fully saturated rings. The number of amides is 1. The molecule has 0 unspecified atom stereocenters. The molecule has 4 heteroatoms. The van der Waals surface area contributed by atoms with Crippen molar-refractivity contribution in [3.05, 3.63) is 95.3 Å². The van der Waals surface area contributed by atoms with Gasteiger partial charge in [0.25, 0.3) is 0 Å². The molecule has 4 nitrogen and oxygen atoms in total. The van der Waals surface area contributed by atoms with E-state index in [0.717, 1.165) is 41.9 Å². The summed E-state index contributed by atoms with van der Waals surface area (Å²) >= 11 is 0. The van der Waals surface area contributed by atoms with Crippen molar-refractivity contribution in [3.8, 4) is 5.75 Å². The molecule has 2 heterocycles. The fraction of sp³-hybridized carbons (Fsp3) is 0.280. The highest BCUT2D eigenvalue weighted by molar-refractivity contribution is 5.79. The monoisotopic (exact) mass is 386 g/mol. The number of ether oxygens (including phenoxy) is 1. The van der Waals surface area contributed by atoms with Crippen molar-refractivity contribution in [1.29, 1.82) is 0 Å². The Morgan fingerprint density at radius 3 is 2.76 bits per heavy atom. The van der Waals surface area contributed by atoms with E-state index in [1.165, 1.54) is 5.56 Å². The lowest BCUT2D eigenvalue weighted by Crippen LogP contribution is -2.34. The number of hydrogen-bond acceptors (Lipinski definition) is 3. The van der Waals surface area contributed by atoms with E-state index in [9.17, 15) is 4.79 Å². The van der Waals surface area contributed by atoms with Gasteiger partial charge in [0, 0.05) is 18.9 Å². The van der Waals surface area contributed by atoms with Crippen molar-refractivity contribution in [3.63, 3.8) is 0 Å². The largest absolute Gasteiger partial charge is 0.493 e. The van der Waals surface area contributed by atoms with Crippen molar-refractivity contribution < 1.29 is 9.53 Å². The predicted molar refractivity (Wildman–Crippen MR) is 114 cm³/mol. The van der Waals surface area contributed by atoms with Gasteiger partial charge in [-0.15, -0.1) is 0 Å². The zero-order chi connectivity index (χ0) is 20.1. The summed E-state index contributed by atoms with van der Waals surface area (Å²) in [7, 11) is 0. The molecule has 29 heavy (non-hydrogen) atoms. The standard InChI is InChI=1S/C25H26N2O2/c1-19(22-8-3-2-4-9-22)27(18-21-7-5-13-26-17-21)25(28)16-20-11-12-24-23(15-20)10-6-14-29-24/h2-5,7-9,11-13,15,17,19H,6,10,14,16,18H2,1H3/t19-/m0/s1. The summed E-state index contributed by atoms with van der Waals surface area (Å²) in [5, 5.41) is 0. The predicted octanol–water partition coefficient (Wildman–Crippen LogP) is 4.74. The number of benzene rings is 2. The molecular formula is C25H26N2O2. The van der Waals surface area contributed by atoms with Gasteiger partial charge in [-0.3, -0.25) is 9.78 Å². The van der Waals surface area contributed by atoms with E-state index < -0.39 is 0 Å². The van der Waals surface area contributed by atoms with Crippen LogP contribution in [0.15, 0.2) is 73.1 Å². The van der Waals surface area contributed by atoms with Crippen LogP contribution in [0.1, 0.15) is 41.6 Å². The van der Waals surface area contributed by atoms with Crippen LogP contribution in [-0.2, 0) is 24.2 Å². The van der Waals surface area contributed by atoms with Crippen LogP contribution in [0, 0.1) is 0 Å². The average Bonchev–Trinajstić information content (AvgIpc) is 2.78. The summed E-state index contributed by atoms with van der Waals surface area (Å²) in [6.07, 6.45) is 6.00. The van der Waals surface area contributed by atoms with Crippen LogP contribution in [-0.4, -0.2) is 22.4 Å². The fourth-order valence-corrected chi connectivity index (χ4v) is 3.84. The van der Waals surface area contributed by atoms with E-state index in [1.807, 2.05) is 53.6 Å². The van der Waals surface area contributed by atoms with Gasteiger partial charge >= 0.3 is 0 Å². The topological polar surface area (TPSA) is 42.4 Å². The number of hydrogen-bond donors (Lipinski definition) is 0. The summed E-state index contributed by atoms with van der Waals surface area (Å²) in [6.45, 7) is 3.40. The van der Waals surface area contributed by atoms with Gasteiger partial charge in [0.1, 0.15) is 5.75 Å². The third-order valence-corrected chi connectivity index (χ3v) is 5.47. The molecule has 0 bridgehead atoms. The fourth-order valence-electron chi connectivity index (χ4n) is 3.84. The van der Waals surface area contributed by atoms with Gasteiger partial charge in [-0.05, 0) is 54.2 Å². The minimum Gasteiger partial charge on any atom is -0.493 e. The smallest absolute Gasteiger partial charge is 0.227 e. The molecule has 0 N–H and O–H groups in total. The summed E-state index contributed by atoms with van der Waals surface area (Å²) in [4.78, 5) is 19.5. The van der Waals surface area contributed by atoms with Crippen LogP contribution < -0.4 is 4.74 Å². The third-order valence-electron chi connectivity index (χ3n) is 5.47. The van der Waals surface area contributed by atoms with Crippen LogP contribution in [0.2, 0.25) is 0 Å². The Balaban J connectivity index is 1.57. The molecule has 0 saturated carbocycles. The molecule has 1 aliphatic rings. The van der Waals surface area contributed by atoms with Gasteiger partial charge in [0.15, 0.2) is 0 Å². The Labute approximate surface area is 172 Å². The molecule has 2 aromatic carbocycles. The van der Waals surface area contributed by atoms with Crippen LogP contribution in [0.3, 0.4) is 0 Å². The highest BCUT2D eigenvalue weighted by Gasteiger charge is 2.22. The molecule has 1 aromatic heterocycles. The summed E-state index contributed by atoms with van der Waals surface area (Å²) in [5.74, 6) is 1.07. The van der Waals surface area contributed by atoms with Gasteiger partial charge in [-0.25, -0.2) is 0 Å². The van der Waals surface area contributed by atoms with Gasteiger partial charge in [0.05, 0.1) is 19.1 Å². The first-order chi connectivity index (χ1) is 14.2. The lowest BCUT2D eigenvalue weighted by Gasteiger charge is -2.30. The molecule has 0 radical (unpaired) electrons. The minimum atomic E-state index is -0.0233. The molecule has 148 valence electrons. The summed E-state index contributed by atoms with van der Waals surface area (Å²) in [6, 6.07) is 20.2. The van der Waals surface area contributed by atoms with Crippen LogP contribution in [0.4, 0.5) is 0 Å². The Hall–Kier alpha value is -3.14. The number of pyridine rings is 1. The Bertz CT molecular complexity index is 957. The SMILES string of the molecule is C[C@@H](c1ccccc1)N(Cc1cccnc1)C(=O)Cc1ccc2c(c1)CCCO2. The first kappa shape index (κ1) is 19.2. The Morgan fingerprint density at radius 1 is 1.10 bits per heavy atom. The number of aryl methyl sites for hydroxylation is 1. The van der Waals surface area contributed by atoms with E-state index in [4.69, 9.17) is 4.74 Å². The maximum atomic E-state index is 13.4. The van der Waals surface area contributed by atoms with Crippen LogP contribution >= 0.6 is 0 Å². The van der Waals surface area contributed by atoms with Gasteiger partial charge in [-0.1, -0.05) is 48.5 Å². The molecular weight excluding hydrogens is 360 g/mol. The molecule has 0 saturated heterocycles. The quantitative estimate of drug-likeness (QED) is 0.615. The maximum Gasteiger partial charge on any atom is 0.227 e. The zero-order valence-electron chi connectivity index (χ0n) is 16.8. The second-order valence-corrected chi connectivity index (χ2v) is 7.54. The molecule has 1 atom stereocenters. The van der Waals surface area contributed by atoms with E-state index >= 15 is 0 Å². The lowest BCUT2D eigenvalue weighted by molar-refractivity contribution is -0.133. The highest BCUT2D eigenvalue weighted by Crippen LogP contribution is 2.27. The number of carbonyl (C=O) groups is 1. The van der Waals surface area contributed by atoms with Crippen molar-refractivity contribution >= 4 is 5.91 Å². The van der Waals surface area contributed by atoms with E-state index in [2.05, 4.69) is 30.1 Å². The first-order valence-electron chi connectivity index (χ1n) is 10.2. The number of carbonyl (C=O) groups excluding carboxylic acids is 1. The van der Waals surface area contributed by atoms with E-state index in [1.54, 1.807) is 6.20 Å². The van der Waals surface area contributed by atoms with Gasteiger partial charge < -0.3 is 9.64 Å². The number of nitrogens with zero attached hydrogens (tertiary/aromatic N) is 2. The average molecular weight is 386 g/mol. The molecule has 0 aliphatic carbocycles. The van der Waals surface area contributed by atoms with Crippen LogP contribution in [0.25, 0.3) is 0 Å². The first-order valence-corrected chi connectivity index (χ1v) is 10.2. The van der Waals surface area contributed by atoms with Gasteiger partial charge in [-0.2, -0.15) is 0 Å². The van der Waals surface area contributed by atoms with Crippen molar-refractivity contribution in [2.24, 2.45) is 0 Å². The maximum absolute atomic E-state index is 13.4. The second-order valence-electron chi connectivity index (χ2n) is 7.54. The second kappa shape index (κ2) is 8.91. The molecule has 1 aliphatic heterocycles. The molecule has 0 spiro atoms. The van der Waals surface area contributed by atoms with E-state index in [-0.39, 0.29) is 11.9 Å². The Morgan fingerprint density at radius 2 is 1.97 bits per heavy atom. The highest BCUT2D eigenvalue weighted by atomic mass is 16.5. The van der Waals surface area contributed by atoms with Crippen molar-refractivity contribution in [1.82, 2.24) is 9.88 Å². The number of rotatable bonds is 6. The number of aromatic nitrogens is 1. The minimum absolute atomic E-state index is 0.0233. The summed E-state index contributed by atoms with van der Waals surface area (Å²) < 4.78 is 5.70. The van der Waals surface area contributed by atoms with Crippen molar-refractivity contribution in [2.75, 3.05) is 6.61 Å². The molecule has 4 rings (SSSR count). The normalized spacial score (nSPS) is 13.8. The Kier molecular flexibility index (Phi) is 5.89. The van der Waals surface area contributed by atoms with E-state index in [0.29, 0.717) is 13.0 Å². The van der Waals surface area contributed by atoms with Gasteiger partial charge in [0.2, 0.25) is 5.91 Å². The zero-order valence-corrected chi connectivity index (χ0v) is 16.8. The number of fused-ring (bicyclic) bond motifs is 1. The van der Waals surface area contributed by atoms with Crippen LogP contribution in [0.5, 0.6) is 5.75 Å². The molecule has 3 aromatic rings. The molecule has 1 amide bonds. The lowest BCUT2D eigenvalue weighted by atomic mass is 10.0. The summed E-state index contributed by atoms with van der Waals surface area (Å²) in [5.41, 5.74) is 4.40. The van der Waals surface area contributed by atoms with Crippen molar-refractivity contribution in [2.45, 2.75) is 38.8 Å². The third kappa shape index (κ3) is 4.65.